The maximum Gasteiger partial charge on any atom is 0.0369 e. The van der Waals surface area contributed by atoms with E-state index in [1.54, 1.807) is 0 Å². The lowest BCUT2D eigenvalue weighted by molar-refractivity contribution is 0.518. The molecule has 0 spiro atoms. The summed E-state index contributed by atoms with van der Waals surface area (Å²) in [5, 5.41) is 3.64. The highest BCUT2D eigenvalue weighted by molar-refractivity contribution is 5.50. The normalized spacial score (nSPS) is 16.2. The van der Waals surface area contributed by atoms with Crippen LogP contribution < -0.4 is 10.2 Å². The zero-order valence-electron chi connectivity index (χ0n) is 14.2. The predicted molar refractivity (Wildman–Crippen MR) is 93.0 cm³/mol. The van der Waals surface area contributed by atoms with Crippen molar-refractivity contribution < 1.29 is 0 Å². The van der Waals surface area contributed by atoms with Gasteiger partial charge in [-0.2, -0.15) is 0 Å². The molecule has 21 heavy (non-hydrogen) atoms. The molecule has 2 heteroatoms. The standard InChI is InChI=1S/C19H32N2/c1-5-13-20-19(6-2)16-7-9-17(10-8-16)21(14-15(3)4)18-11-12-18/h7-10,15,18-20H,5-6,11-14H2,1-4H3. The van der Waals surface area contributed by atoms with Crippen molar-refractivity contribution in [3.63, 3.8) is 0 Å². The Morgan fingerprint density at radius 1 is 1.14 bits per heavy atom. The summed E-state index contributed by atoms with van der Waals surface area (Å²) in [7, 11) is 0. The number of hydrogen-bond acceptors (Lipinski definition) is 2. The number of hydrogen-bond donors (Lipinski definition) is 1. The van der Waals surface area contributed by atoms with Crippen molar-refractivity contribution in [3.8, 4) is 0 Å². The lowest BCUT2D eigenvalue weighted by atomic mass is 10.0. The number of rotatable bonds is 9. The van der Waals surface area contributed by atoms with Gasteiger partial charge in [-0.25, -0.2) is 0 Å². The Labute approximate surface area is 130 Å². The second-order valence-electron chi connectivity index (χ2n) is 6.78. The first kappa shape index (κ1) is 16.4. The molecular formula is C19H32N2. The molecule has 1 N–H and O–H groups in total. The highest BCUT2D eigenvalue weighted by Crippen LogP contribution is 2.33. The molecule has 1 saturated carbocycles. The molecule has 0 aliphatic heterocycles. The first-order valence-electron chi connectivity index (χ1n) is 8.75. The zero-order chi connectivity index (χ0) is 15.2. The number of nitrogens with one attached hydrogen (secondary N) is 1. The fourth-order valence-corrected chi connectivity index (χ4v) is 2.96. The third-order valence-corrected chi connectivity index (χ3v) is 4.23. The Kier molecular flexibility index (Phi) is 6.10. The van der Waals surface area contributed by atoms with Crippen LogP contribution in [0.25, 0.3) is 0 Å². The summed E-state index contributed by atoms with van der Waals surface area (Å²) in [5.74, 6) is 0.722. The Morgan fingerprint density at radius 3 is 2.29 bits per heavy atom. The molecule has 0 aromatic heterocycles. The zero-order valence-corrected chi connectivity index (χ0v) is 14.2. The molecule has 0 heterocycles. The first-order valence-corrected chi connectivity index (χ1v) is 8.75. The van der Waals surface area contributed by atoms with Crippen LogP contribution in [-0.2, 0) is 0 Å². The molecule has 1 aliphatic carbocycles. The molecule has 1 unspecified atom stereocenters. The minimum absolute atomic E-state index is 0.499. The summed E-state index contributed by atoms with van der Waals surface area (Å²) in [5.41, 5.74) is 2.83. The predicted octanol–water partition coefficient (Wildman–Crippen LogP) is 4.76. The van der Waals surface area contributed by atoms with Crippen LogP contribution >= 0.6 is 0 Å². The van der Waals surface area contributed by atoms with Crippen molar-refractivity contribution in [2.24, 2.45) is 5.92 Å². The van der Waals surface area contributed by atoms with Crippen LogP contribution in [0.2, 0.25) is 0 Å². The third-order valence-electron chi connectivity index (χ3n) is 4.23. The van der Waals surface area contributed by atoms with Gasteiger partial charge in [-0.05, 0) is 55.8 Å². The molecule has 1 aromatic rings. The SMILES string of the molecule is CCCNC(CC)c1ccc(N(CC(C)C)C2CC2)cc1. The second-order valence-corrected chi connectivity index (χ2v) is 6.78. The Hall–Kier alpha value is -1.02. The van der Waals surface area contributed by atoms with Gasteiger partial charge in [-0.15, -0.1) is 0 Å². The number of anilines is 1. The topological polar surface area (TPSA) is 15.3 Å². The van der Waals surface area contributed by atoms with E-state index in [0.29, 0.717) is 6.04 Å². The summed E-state index contributed by atoms with van der Waals surface area (Å²) in [6.45, 7) is 11.4. The van der Waals surface area contributed by atoms with Crippen LogP contribution in [0.3, 0.4) is 0 Å². The molecular weight excluding hydrogens is 256 g/mol. The van der Waals surface area contributed by atoms with Gasteiger partial charge in [-0.1, -0.05) is 39.8 Å². The first-order chi connectivity index (χ1) is 10.2. The van der Waals surface area contributed by atoms with Crippen molar-refractivity contribution in [2.75, 3.05) is 18.0 Å². The highest BCUT2D eigenvalue weighted by atomic mass is 15.2. The average molecular weight is 288 g/mol. The van der Waals surface area contributed by atoms with E-state index in [1.807, 2.05) is 0 Å². The molecule has 2 rings (SSSR count). The van der Waals surface area contributed by atoms with Crippen molar-refractivity contribution in [2.45, 2.75) is 65.5 Å². The highest BCUT2D eigenvalue weighted by Gasteiger charge is 2.29. The summed E-state index contributed by atoms with van der Waals surface area (Å²) in [6, 6.07) is 10.6. The fourth-order valence-electron chi connectivity index (χ4n) is 2.96. The van der Waals surface area contributed by atoms with E-state index in [0.717, 1.165) is 24.9 Å². The molecule has 0 bridgehead atoms. The van der Waals surface area contributed by atoms with Gasteiger partial charge >= 0.3 is 0 Å². The molecule has 1 fully saturated rings. The van der Waals surface area contributed by atoms with E-state index >= 15 is 0 Å². The number of nitrogens with zero attached hydrogens (tertiary/aromatic N) is 1. The van der Waals surface area contributed by atoms with E-state index < -0.39 is 0 Å². The van der Waals surface area contributed by atoms with Crippen LogP contribution in [0.4, 0.5) is 5.69 Å². The molecule has 1 aliphatic rings. The van der Waals surface area contributed by atoms with Gasteiger partial charge in [0.2, 0.25) is 0 Å². The van der Waals surface area contributed by atoms with E-state index in [4.69, 9.17) is 0 Å². The van der Waals surface area contributed by atoms with Gasteiger partial charge in [0.15, 0.2) is 0 Å². The monoisotopic (exact) mass is 288 g/mol. The molecule has 1 aromatic carbocycles. The lowest BCUT2D eigenvalue weighted by Crippen LogP contribution is -2.29. The van der Waals surface area contributed by atoms with Gasteiger partial charge in [-0.3, -0.25) is 0 Å². The molecule has 2 nitrogen and oxygen atoms in total. The minimum Gasteiger partial charge on any atom is -0.368 e. The van der Waals surface area contributed by atoms with Crippen molar-refractivity contribution in [1.29, 1.82) is 0 Å². The van der Waals surface area contributed by atoms with E-state index in [1.165, 1.54) is 37.1 Å². The average Bonchev–Trinajstić information content (AvgIpc) is 3.31. The maximum atomic E-state index is 3.64. The summed E-state index contributed by atoms with van der Waals surface area (Å²) in [4.78, 5) is 2.61. The molecule has 1 atom stereocenters. The van der Waals surface area contributed by atoms with Crippen LogP contribution in [0.1, 0.15) is 65.0 Å². The minimum atomic E-state index is 0.499. The van der Waals surface area contributed by atoms with Gasteiger partial charge in [0.25, 0.3) is 0 Å². The lowest BCUT2D eigenvalue weighted by Gasteiger charge is -2.27. The Balaban J connectivity index is 2.05. The van der Waals surface area contributed by atoms with E-state index in [2.05, 4.69) is 62.2 Å². The summed E-state index contributed by atoms with van der Waals surface area (Å²) < 4.78 is 0. The fraction of sp³-hybridized carbons (Fsp3) is 0.684. The molecule has 0 radical (unpaired) electrons. The van der Waals surface area contributed by atoms with Gasteiger partial charge < -0.3 is 10.2 Å². The Morgan fingerprint density at radius 2 is 1.81 bits per heavy atom. The molecule has 0 amide bonds. The third kappa shape index (κ3) is 4.74. The van der Waals surface area contributed by atoms with E-state index in [9.17, 15) is 0 Å². The van der Waals surface area contributed by atoms with Crippen molar-refractivity contribution in [1.82, 2.24) is 5.32 Å². The van der Waals surface area contributed by atoms with Gasteiger partial charge in [0, 0.05) is 24.3 Å². The van der Waals surface area contributed by atoms with Crippen LogP contribution in [0, 0.1) is 5.92 Å². The van der Waals surface area contributed by atoms with Crippen LogP contribution in [0.5, 0.6) is 0 Å². The second kappa shape index (κ2) is 7.84. The van der Waals surface area contributed by atoms with Crippen molar-refractivity contribution >= 4 is 5.69 Å². The maximum absolute atomic E-state index is 3.64. The number of benzene rings is 1. The quantitative estimate of drug-likeness (QED) is 0.704. The molecule has 118 valence electrons. The van der Waals surface area contributed by atoms with Crippen LogP contribution in [0.15, 0.2) is 24.3 Å². The molecule has 0 saturated heterocycles. The van der Waals surface area contributed by atoms with Crippen molar-refractivity contribution in [3.05, 3.63) is 29.8 Å². The van der Waals surface area contributed by atoms with Gasteiger partial charge in [0.1, 0.15) is 0 Å². The largest absolute Gasteiger partial charge is 0.368 e. The smallest absolute Gasteiger partial charge is 0.0369 e. The van der Waals surface area contributed by atoms with E-state index in [-0.39, 0.29) is 0 Å². The van der Waals surface area contributed by atoms with Crippen LogP contribution in [-0.4, -0.2) is 19.1 Å². The van der Waals surface area contributed by atoms with Gasteiger partial charge in [0.05, 0.1) is 0 Å². The summed E-state index contributed by atoms with van der Waals surface area (Å²) in [6.07, 6.45) is 5.07. The summed E-state index contributed by atoms with van der Waals surface area (Å²) >= 11 is 0. The Bertz CT molecular complexity index is 406.